The molecule has 7 heteroatoms. The van der Waals surface area contributed by atoms with Crippen LogP contribution in [0, 0.1) is 0 Å². The maximum atomic E-state index is 12.2. The molecule has 0 aliphatic carbocycles. The van der Waals surface area contributed by atoms with Gasteiger partial charge in [-0.05, 0) is 57.7 Å². The molecule has 26 heavy (non-hydrogen) atoms. The van der Waals surface area contributed by atoms with Crippen LogP contribution in [0.5, 0.6) is 0 Å². The predicted octanol–water partition coefficient (Wildman–Crippen LogP) is 5.57. The second kappa shape index (κ2) is 9.60. The number of nitrogens with one attached hydrogen (secondary N) is 1. The Bertz CT molecular complexity index is 645. The lowest BCUT2D eigenvalue weighted by Crippen LogP contribution is -2.55. The normalized spacial score (nSPS) is 13.8. The van der Waals surface area contributed by atoms with E-state index in [4.69, 9.17) is 16.3 Å². The van der Waals surface area contributed by atoms with Crippen LogP contribution in [0.25, 0.3) is 0 Å². The lowest BCUT2D eigenvalue weighted by atomic mass is 9.86. The maximum Gasteiger partial charge on any atom is 0.408 e. The third-order valence-corrected chi connectivity index (χ3v) is 4.79. The van der Waals surface area contributed by atoms with E-state index in [0.717, 1.165) is 16.5 Å². The SMILES string of the molecule is CCCC[C@@](CCc1ccc(Br)cc1Cl)(NC(=O)OC(C)(C)C)C(=O)O. The van der Waals surface area contributed by atoms with Crippen molar-refractivity contribution in [1.82, 2.24) is 5.32 Å². The first-order chi connectivity index (χ1) is 12.0. The second-order valence-electron chi connectivity index (χ2n) is 7.35. The van der Waals surface area contributed by atoms with E-state index in [0.29, 0.717) is 24.3 Å². The maximum absolute atomic E-state index is 12.2. The van der Waals surface area contributed by atoms with E-state index in [1.165, 1.54) is 0 Å². The average molecular weight is 449 g/mol. The quantitative estimate of drug-likeness (QED) is 0.545. The molecular weight excluding hydrogens is 422 g/mol. The van der Waals surface area contributed by atoms with Crippen LogP contribution in [-0.4, -0.2) is 28.3 Å². The molecule has 0 bridgehead atoms. The van der Waals surface area contributed by atoms with Gasteiger partial charge in [0.05, 0.1) is 0 Å². The Labute approximate surface area is 168 Å². The van der Waals surface area contributed by atoms with E-state index in [2.05, 4.69) is 21.2 Å². The highest BCUT2D eigenvalue weighted by atomic mass is 79.9. The van der Waals surface area contributed by atoms with Crippen molar-refractivity contribution in [1.29, 1.82) is 0 Å². The molecule has 2 N–H and O–H groups in total. The van der Waals surface area contributed by atoms with Crippen molar-refractivity contribution in [2.45, 2.75) is 70.9 Å². The molecule has 0 aromatic heterocycles. The van der Waals surface area contributed by atoms with Gasteiger partial charge in [-0.1, -0.05) is 53.4 Å². The van der Waals surface area contributed by atoms with E-state index in [1.807, 2.05) is 19.1 Å². The van der Waals surface area contributed by atoms with Crippen molar-refractivity contribution < 1.29 is 19.4 Å². The smallest absolute Gasteiger partial charge is 0.408 e. The lowest BCUT2D eigenvalue weighted by molar-refractivity contribution is -0.145. The summed E-state index contributed by atoms with van der Waals surface area (Å²) in [7, 11) is 0. The summed E-state index contributed by atoms with van der Waals surface area (Å²) in [5, 5.41) is 13.0. The Balaban J connectivity index is 3.01. The molecule has 0 heterocycles. The van der Waals surface area contributed by atoms with Gasteiger partial charge in [-0.25, -0.2) is 9.59 Å². The molecule has 146 valence electrons. The number of hydrogen-bond donors (Lipinski definition) is 2. The molecule has 1 amide bonds. The zero-order chi connectivity index (χ0) is 20.0. The number of alkyl carbamates (subject to hydrolysis) is 1. The van der Waals surface area contributed by atoms with Crippen LogP contribution in [0.2, 0.25) is 5.02 Å². The topological polar surface area (TPSA) is 75.6 Å². The number of rotatable bonds is 8. The van der Waals surface area contributed by atoms with Gasteiger partial charge < -0.3 is 15.2 Å². The molecule has 0 saturated heterocycles. The minimum Gasteiger partial charge on any atom is -0.480 e. The van der Waals surface area contributed by atoms with E-state index in [9.17, 15) is 14.7 Å². The Morgan fingerprint density at radius 3 is 2.42 bits per heavy atom. The van der Waals surface area contributed by atoms with Gasteiger partial charge in [-0.15, -0.1) is 0 Å². The third kappa shape index (κ3) is 7.16. The highest BCUT2D eigenvalue weighted by Gasteiger charge is 2.40. The first-order valence-electron chi connectivity index (χ1n) is 8.67. The summed E-state index contributed by atoms with van der Waals surface area (Å²) in [5.74, 6) is -1.06. The Morgan fingerprint density at radius 2 is 1.92 bits per heavy atom. The average Bonchev–Trinajstić information content (AvgIpc) is 2.49. The number of benzene rings is 1. The van der Waals surface area contributed by atoms with E-state index in [-0.39, 0.29) is 6.42 Å². The first-order valence-corrected chi connectivity index (χ1v) is 9.84. The number of carbonyl (C=O) groups excluding carboxylic acids is 1. The van der Waals surface area contributed by atoms with E-state index in [1.54, 1.807) is 26.8 Å². The van der Waals surface area contributed by atoms with Crippen molar-refractivity contribution in [3.8, 4) is 0 Å². The molecule has 1 rings (SSSR count). The van der Waals surface area contributed by atoms with Gasteiger partial charge in [0.2, 0.25) is 0 Å². The van der Waals surface area contributed by atoms with Crippen molar-refractivity contribution in [2.75, 3.05) is 0 Å². The molecule has 0 spiro atoms. The Morgan fingerprint density at radius 1 is 1.27 bits per heavy atom. The van der Waals surface area contributed by atoms with Crippen molar-refractivity contribution in [2.24, 2.45) is 0 Å². The van der Waals surface area contributed by atoms with Crippen LogP contribution >= 0.6 is 27.5 Å². The summed E-state index contributed by atoms with van der Waals surface area (Å²) in [6.45, 7) is 7.19. The number of unbranched alkanes of at least 4 members (excludes halogenated alkanes) is 1. The number of amides is 1. The van der Waals surface area contributed by atoms with E-state index >= 15 is 0 Å². The van der Waals surface area contributed by atoms with Gasteiger partial charge in [0.1, 0.15) is 11.1 Å². The molecule has 1 aromatic carbocycles. The fourth-order valence-corrected chi connectivity index (χ4v) is 3.34. The summed E-state index contributed by atoms with van der Waals surface area (Å²) in [5.41, 5.74) is -1.26. The summed E-state index contributed by atoms with van der Waals surface area (Å²) < 4.78 is 6.12. The van der Waals surface area contributed by atoms with Crippen molar-refractivity contribution >= 4 is 39.6 Å². The standard InChI is InChI=1S/C19H27BrClNO4/c1-5-6-10-19(16(23)24,22-17(25)26-18(2,3)4)11-9-13-7-8-14(20)12-15(13)21/h7-8,12H,5-6,9-11H2,1-4H3,(H,22,25)(H,23,24)/t19-/m0/s1. The van der Waals surface area contributed by atoms with Crippen LogP contribution in [0.3, 0.4) is 0 Å². The van der Waals surface area contributed by atoms with Crippen molar-refractivity contribution in [3.05, 3.63) is 33.3 Å². The molecule has 0 unspecified atom stereocenters. The fourth-order valence-electron chi connectivity index (χ4n) is 2.57. The number of carbonyl (C=O) groups is 2. The van der Waals surface area contributed by atoms with Crippen molar-refractivity contribution in [3.63, 3.8) is 0 Å². The second-order valence-corrected chi connectivity index (χ2v) is 8.68. The predicted molar refractivity (Wildman–Crippen MR) is 107 cm³/mol. The summed E-state index contributed by atoms with van der Waals surface area (Å²) in [6, 6.07) is 5.48. The van der Waals surface area contributed by atoms with Crippen LogP contribution < -0.4 is 5.32 Å². The fraction of sp³-hybridized carbons (Fsp3) is 0.579. The largest absolute Gasteiger partial charge is 0.480 e. The van der Waals surface area contributed by atoms with Gasteiger partial charge in [-0.2, -0.15) is 0 Å². The van der Waals surface area contributed by atoms with Gasteiger partial charge in [-0.3, -0.25) is 0 Å². The van der Waals surface area contributed by atoms with Crippen LogP contribution in [0.4, 0.5) is 4.79 Å². The number of aliphatic carboxylic acids is 1. The van der Waals surface area contributed by atoms with Gasteiger partial charge in [0, 0.05) is 9.50 Å². The molecule has 0 aliphatic rings. The number of carboxylic acid groups (broad SMARTS) is 1. The molecule has 5 nitrogen and oxygen atoms in total. The lowest BCUT2D eigenvalue weighted by Gasteiger charge is -2.32. The monoisotopic (exact) mass is 447 g/mol. The van der Waals surface area contributed by atoms with Gasteiger partial charge in [0.15, 0.2) is 0 Å². The van der Waals surface area contributed by atoms with E-state index < -0.39 is 23.2 Å². The van der Waals surface area contributed by atoms with Crippen LogP contribution in [-0.2, 0) is 16.0 Å². The van der Waals surface area contributed by atoms with Gasteiger partial charge in [0.25, 0.3) is 0 Å². The van der Waals surface area contributed by atoms with Crippen LogP contribution in [0.15, 0.2) is 22.7 Å². The number of aryl methyl sites for hydroxylation is 1. The molecular formula is C19H27BrClNO4. The Hall–Kier alpha value is -1.27. The zero-order valence-corrected chi connectivity index (χ0v) is 18.0. The number of halogens is 2. The molecule has 0 fully saturated rings. The number of carboxylic acids is 1. The highest BCUT2D eigenvalue weighted by Crippen LogP contribution is 2.27. The zero-order valence-electron chi connectivity index (χ0n) is 15.7. The Kier molecular flexibility index (Phi) is 8.41. The van der Waals surface area contributed by atoms with Gasteiger partial charge >= 0.3 is 12.1 Å². The minimum absolute atomic E-state index is 0.225. The molecule has 0 saturated carbocycles. The molecule has 1 atom stereocenters. The highest BCUT2D eigenvalue weighted by molar-refractivity contribution is 9.10. The molecule has 0 radical (unpaired) electrons. The third-order valence-electron chi connectivity index (χ3n) is 3.94. The number of hydrogen-bond acceptors (Lipinski definition) is 3. The molecule has 1 aromatic rings. The summed E-state index contributed by atoms with van der Waals surface area (Å²) in [6.07, 6.45) is 1.76. The number of ether oxygens (including phenoxy) is 1. The molecule has 0 aliphatic heterocycles. The first kappa shape index (κ1) is 22.8. The summed E-state index contributed by atoms with van der Waals surface area (Å²) >= 11 is 9.60. The summed E-state index contributed by atoms with van der Waals surface area (Å²) in [4.78, 5) is 24.3. The van der Waals surface area contributed by atoms with Crippen LogP contribution in [0.1, 0.15) is 58.9 Å². The minimum atomic E-state index is -1.39.